The Hall–Kier alpha value is -2.82. The molecule has 1 N–H and O–H groups in total. The number of aromatic nitrogens is 1. The zero-order valence-electron chi connectivity index (χ0n) is 13.3. The van der Waals surface area contributed by atoms with Gasteiger partial charge in [-0.05, 0) is 30.3 Å². The van der Waals surface area contributed by atoms with Gasteiger partial charge in [0.15, 0.2) is 5.58 Å². The van der Waals surface area contributed by atoms with Crippen LogP contribution in [-0.2, 0) is 4.79 Å². The van der Waals surface area contributed by atoms with Gasteiger partial charge in [-0.1, -0.05) is 26.0 Å². The molecule has 0 aliphatic carbocycles. The van der Waals surface area contributed by atoms with Crippen LogP contribution in [0.4, 0.5) is 5.69 Å². The minimum Gasteiger partial charge on any atom is -0.495 e. The number of carbonyl (C=O) groups is 1. The Labute approximate surface area is 134 Å². The topological polar surface area (TPSA) is 64.4 Å². The van der Waals surface area contributed by atoms with Gasteiger partial charge in [0.05, 0.1) is 12.8 Å². The van der Waals surface area contributed by atoms with E-state index >= 15 is 0 Å². The van der Waals surface area contributed by atoms with Crippen molar-refractivity contribution in [1.82, 2.24) is 4.98 Å². The smallest absolute Gasteiger partial charge is 0.227 e. The highest BCUT2D eigenvalue weighted by atomic mass is 16.5. The van der Waals surface area contributed by atoms with Crippen molar-refractivity contribution in [3.8, 4) is 17.2 Å². The van der Waals surface area contributed by atoms with E-state index in [1.807, 2.05) is 50.2 Å². The number of oxazole rings is 1. The molecule has 5 heteroatoms. The van der Waals surface area contributed by atoms with Crippen LogP contribution in [0.15, 0.2) is 46.9 Å². The molecule has 0 unspecified atom stereocenters. The van der Waals surface area contributed by atoms with Crippen LogP contribution in [-0.4, -0.2) is 18.0 Å². The van der Waals surface area contributed by atoms with Crippen LogP contribution in [0.25, 0.3) is 22.6 Å². The highest BCUT2D eigenvalue weighted by molar-refractivity contribution is 5.94. The number of methoxy groups -OCH3 is 1. The van der Waals surface area contributed by atoms with Crippen LogP contribution >= 0.6 is 0 Å². The van der Waals surface area contributed by atoms with E-state index in [0.717, 1.165) is 16.7 Å². The molecule has 118 valence electrons. The van der Waals surface area contributed by atoms with E-state index in [9.17, 15) is 4.79 Å². The zero-order chi connectivity index (χ0) is 16.4. The Morgan fingerprint density at radius 3 is 2.70 bits per heavy atom. The zero-order valence-corrected chi connectivity index (χ0v) is 13.3. The van der Waals surface area contributed by atoms with Crippen LogP contribution < -0.4 is 10.1 Å². The van der Waals surface area contributed by atoms with Crippen molar-refractivity contribution in [3.05, 3.63) is 42.5 Å². The maximum Gasteiger partial charge on any atom is 0.227 e. The summed E-state index contributed by atoms with van der Waals surface area (Å²) in [4.78, 5) is 16.4. The molecule has 1 amide bonds. The molecule has 0 radical (unpaired) electrons. The molecule has 2 aromatic carbocycles. The molecule has 0 fully saturated rings. The molecule has 0 saturated carbocycles. The lowest BCUT2D eigenvalue weighted by Gasteiger charge is -2.12. The number of hydrogen-bond donors (Lipinski definition) is 1. The van der Waals surface area contributed by atoms with Crippen molar-refractivity contribution in [2.24, 2.45) is 5.92 Å². The first-order valence-electron chi connectivity index (χ1n) is 7.43. The molecule has 0 bridgehead atoms. The fourth-order valence-electron chi connectivity index (χ4n) is 2.21. The summed E-state index contributed by atoms with van der Waals surface area (Å²) in [6.45, 7) is 3.68. The molecule has 3 aromatic rings. The third kappa shape index (κ3) is 3.04. The van der Waals surface area contributed by atoms with Crippen molar-refractivity contribution in [1.29, 1.82) is 0 Å². The van der Waals surface area contributed by atoms with Gasteiger partial charge in [0.2, 0.25) is 11.8 Å². The Morgan fingerprint density at radius 1 is 1.22 bits per heavy atom. The summed E-state index contributed by atoms with van der Waals surface area (Å²) in [6, 6.07) is 13.0. The number of nitrogens with one attached hydrogen (secondary N) is 1. The summed E-state index contributed by atoms with van der Waals surface area (Å²) in [5, 5.41) is 2.87. The lowest BCUT2D eigenvalue weighted by molar-refractivity contribution is -0.118. The van der Waals surface area contributed by atoms with E-state index in [1.165, 1.54) is 0 Å². The fraction of sp³-hybridized carbons (Fsp3) is 0.222. The lowest BCUT2D eigenvalue weighted by atomic mass is 10.1. The lowest BCUT2D eigenvalue weighted by Crippen LogP contribution is -2.18. The molecule has 1 heterocycles. The van der Waals surface area contributed by atoms with Crippen molar-refractivity contribution >= 4 is 22.7 Å². The third-order valence-corrected chi connectivity index (χ3v) is 3.52. The summed E-state index contributed by atoms with van der Waals surface area (Å²) < 4.78 is 11.1. The minimum atomic E-state index is -0.118. The molecule has 0 saturated heterocycles. The van der Waals surface area contributed by atoms with Crippen LogP contribution in [0, 0.1) is 5.92 Å². The van der Waals surface area contributed by atoms with Gasteiger partial charge in [-0.25, -0.2) is 4.98 Å². The van der Waals surface area contributed by atoms with Gasteiger partial charge >= 0.3 is 0 Å². The molecular weight excluding hydrogens is 292 g/mol. The molecule has 23 heavy (non-hydrogen) atoms. The van der Waals surface area contributed by atoms with Crippen LogP contribution in [0.1, 0.15) is 13.8 Å². The molecule has 0 spiro atoms. The van der Waals surface area contributed by atoms with E-state index < -0.39 is 0 Å². The average molecular weight is 310 g/mol. The highest BCUT2D eigenvalue weighted by Crippen LogP contribution is 2.32. The first-order valence-corrected chi connectivity index (χ1v) is 7.43. The number of hydrogen-bond acceptors (Lipinski definition) is 4. The number of carbonyl (C=O) groups excluding carboxylic acids is 1. The van der Waals surface area contributed by atoms with Gasteiger partial charge in [0, 0.05) is 11.5 Å². The number of nitrogens with zero attached hydrogens (tertiary/aromatic N) is 1. The minimum absolute atomic E-state index is 0.0713. The van der Waals surface area contributed by atoms with Crippen molar-refractivity contribution in [3.63, 3.8) is 0 Å². The van der Waals surface area contributed by atoms with Gasteiger partial charge in [0.25, 0.3) is 0 Å². The number of ether oxygens (including phenoxy) is 1. The van der Waals surface area contributed by atoms with E-state index in [2.05, 4.69) is 10.3 Å². The van der Waals surface area contributed by atoms with Crippen LogP contribution in [0.5, 0.6) is 5.75 Å². The monoisotopic (exact) mass is 310 g/mol. The fourth-order valence-corrected chi connectivity index (χ4v) is 2.21. The first-order chi connectivity index (χ1) is 11.1. The summed E-state index contributed by atoms with van der Waals surface area (Å²) in [5.74, 6) is 0.915. The van der Waals surface area contributed by atoms with Gasteiger partial charge in [-0.2, -0.15) is 0 Å². The quantitative estimate of drug-likeness (QED) is 0.788. The SMILES string of the molecule is COc1ccc(-c2nc3ccccc3o2)cc1NC(=O)C(C)C. The number of para-hydroxylation sites is 2. The van der Waals surface area contributed by atoms with Crippen molar-refractivity contribution in [2.75, 3.05) is 12.4 Å². The molecule has 0 aliphatic rings. The molecule has 5 nitrogen and oxygen atoms in total. The van der Waals surface area contributed by atoms with Gasteiger partial charge in [-0.3, -0.25) is 4.79 Å². The normalized spacial score (nSPS) is 11.0. The van der Waals surface area contributed by atoms with Crippen LogP contribution in [0.2, 0.25) is 0 Å². The predicted molar refractivity (Wildman–Crippen MR) is 89.5 cm³/mol. The Morgan fingerprint density at radius 2 is 2.00 bits per heavy atom. The summed E-state index contributed by atoms with van der Waals surface area (Å²) in [6.07, 6.45) is 0. The molecule has 0 atom stereocenters. The largest absolute Gasteiger partial charge is 0.495 e. The summed E-state index contributed by atoms with van der Waals surface area (Å²) in [5.41, 5.74) is 2.91. The number of fused-ring (bicyclic) bond motifs is 1. The average Bonchev–Trinajstić information content (AvgIpc) is 2.98. The van der Waals surface area contributed by atoms with Crippen molar-refractivity contribution < 1.29 is 13.9 Å². The highest BCUT2D eigenvalue weighted by Gasteiger charge is 2.14. The number of rotatable bonds is 4. The number of anilines is 1. The van der Waals surface area contributed by atoms with E-state index in [4.69, 9.17) is 9.15 Å². The Kier molecular flexibility index (Phi) is 4.02. The third-order valence-electron chi connectivity index (χ3n) is 3.52. The molecular formula is C18H18N2O3. The molecule has 1 aromatic heterocycles. The maximum absolute atomic E-state index is 12.0. The summed E-state index contributed by atoms with van der Waals surface area (Å²) >= 11 is 0. The second kappa shape index (κ2) is 6.12. The van der Waals surface area contributed by atoms with Gasteiger partial charge < -0.3 is 14.5 Å². The molecule has 3 rings (SSSR count). The number of amides is 1. The second-order valence-corrected chi connectivity index (χ2v) is 5.55. The summed E-state index contributed by atoms with van der Waals surface area (Å²) in [7, 11) is 1.57. The first kappa shape index (κ1) is 15.1. The van der Waals surface area contributed by atoms with Gasteiger partial charge in [-0.15, -0.1) is 0 Å². The number of benzene rings is 2. The maximum atomic E-state index is 12.0. The van der Waals surface area contributed by atoms with E-state index in [-0.39, 0.29) is 11.8 Å². The predicted octanol–water partition coefficient (Wildman–Crippen LogP) is 4.10. The van der Waals surface area contributed by atoms with E-state index in [1.54, 1.807) is 13.2 Å². The Bertz CT molecular complexity index is 819. The van der Waals surface area contributed by atoms with Crippen molar-refractivity contribution in [2.45, 2.75) is 13.8 Å². The second-order valence-electron chi connectivity index (χ2n) is 5.55. The van der Waals surface area contributed by atoms with Gasteiger partial charge in [0.1, 0.15) is 11.3 Å². The molecule has 0 aliphatic heterocycles. The Balaban J connectivity index is 2.01. The standard InChI is InChI=1S/C18H18N2O3/c1-11(2)17(21)19-14-10-12(8-9-15(14)22-3)18-20-13-6-4-5-7-16(13)23-18/h4-11H,1-3H3,(H,19,21). The van der Waals surface area contributed by atoms with Crippen LogP contribution in [0.3, 0.4) is 0 Å². The van der Waals surface area contributed by atoms with E-state index in [0.29, 0.717) is 17.3 Å².